The first-order chi connectivity index (χ1) is 11.0. The van der Waals surface area contributed by atoms with Crippen LogP contribution < -0.4 is 10.5 Å². The third-order valence-electron chi connectivity index (χ3n) is 3.69. The van der Waals surface area contributed by atoms with Gasteiger partial charge < -0.3 is 15.4 Å². The Morgan fingerprint density at radius 1 is 1.25 bits per heavy atom. The van der Waals surface area contributed by atoms with Gasteiger partial charge >= 0.3 is 6.36 Å². The van der Waals surface area contributed by atoms with Gasteiger partial charge in [0.25, 0.3) is 0 Å². The van der Waals surface area contributed by atoms with Crippen molar-refractivity contribution in [3.63, 3.8) is 0 Å². The molecule has 0 aliphatic carbocycles. The number of nitrogens with two attached hydrogens (primary N) is 1. The van der Waals surface area contributed by atoms with E-state index >= 15 is 0 Å². The molecule has 24 heavy (non-hydrogen) atoms. The first-order valence-corrected chi connectivity index (χ1v) is 9.14. The van der Waals surface area contributed by atoms with Crippen LogP contribution in [-0.2, 0) is 9.84 Å². The van der Waals surface area contributed by atoms with Gasteiger partial charge in [0.15, 0.2) is 5.96 Å². The van der Waals surface area contributed by atoms with Gasteiger partial charge in [-0.1, -0.05) is 0 Å². The third kappa shape index (κ3) is 5.29. The van der Waals surface area contributed by atoms with Crippen LogP contribution in [0.4, 0.5) is 18.9 Å². The lowest BCUT2D eigenvalue weighted by molar-refractivity contribution is -0.274. The van der Waals surface area contributed by atoms with E-state index in [1.165, 1.54) is 18.4 Å². The van der Waals surface area contributed by atoms with Crippen molar-refractivity contribution in [2.24, 2.45) is 10.7 Å². The molecule has 6 nitrogen and oxygen atoms in total. The second kappa shape index (κ2) is 6.88. The van der Waals surface area contributed by atoms with E-state index in [4.69, 9.17) is 5.73 Å². The smallest absolute Gasteiger partial charge is 0.406 e. The fraction of sp³-hybridized carbons (Fsp3) is 0.500. The number of ether oxygens (including phenoxy) is 1. The minimum Gasteiger partial charge on any atom is -0.406 e. The van der Waals surface area contributed by atoms with Crippen LogP contribution in [0.25, 0.3) is 0 Å². The number of likely N-dealkylation sites (tertiary alicyclic amines) is 1. The normalized spacial score (nSPS) is 17.8. The summed E-state index contributed by atoms with van der Waals surface area (Å²) in [5.74, 6) is -0.138. The number of sulfone groups is 1. The van der Waals surface area contributed by atoms with Crippen LogP contribution in [0.5, 0.6) is 5.75 Å². The molecule has 1 heterocycles. The first-order valence-electron chi connectivity index (χ1n) is 7.18. The Morgan fingerprint density at radius 2 is 1.79 bits per heavy atom. The quantitative estimate of drug-likeness (QED) is 0.654. The highest BCUT2D eigenvalue weighted by molar-refractivity contribution is 7.91. The van der Waals surface area contributed by atoms with Gasteiger partial charge in [-0.15, -0.1) is 13.2 Å². The van der Waals surface area contributed by atoms with Crippen LogP contribution in [0.15, 0.2) is 29.3 Å². The molecule has 0 radical (unpaired) electrons. The highest BCUT2D eigenvalue weighted by atomic mass is 32.2. The van der Waals surface area contributed by atoms with Crippen molar-refractivity contribution >= 4 is 21.5 Å². The molecule has 1 aromatic rings. The van der Waals surface area contributed by atoms with Crippen molar-refractivity contribution in [1.82, 2.24) is 4.90 Å². The Morgan fingerprint density at radius 3 is 2.25 bits per heavy atom. The molecule has 1 fully saturated rings. The van der Waals surface area contributed by atoms with E-state index in [-0.39, 0.29) is 17.0 Å². The second-order valence-electron chi connectivity index (χ2n) is 5.53. The third-order valence-corrected chi connectivity index (χ3v) is 5.37. The molecule has 10 heteroatoms. The zero-order valence-electron chi connectivity index (χ0n) is 13.0. The lowest BCUT2D eigenvalue weighted by atomic mass is 10.1. The summed E-state index contributed by atoms with van der Waals surface area (Å²) in [6.07, 6.45) is -2.59. The molecule has 0 unspecified atom stereocenters. The molecular weight excluding hydrogens is 347 g/mol. The Bertz CT molecular complexity index is 694. The van der Waals surface area contributed by atoms with E-state index in [0.717, 1.165) is 12.1 Å². The SMILES string of the molecule is CS(=O)(=O)C1CCN(C(N)=Nc2ccc(OC(F)(F)F)cc2)CC1. The van der Waals surface area contributed by atoms with Gasteiger partial charge in [0.2, 0.25) is 0 Å². The number of nitrogens with zero attached hydrogens (tertiary/aromatic N) is 2. The molecule has 1 aliphatic rings. The minimum absolute atomic E-state index is 0.200. The molecule has 0 atom stereocenters. The van der Waals surface area contributed by atoms with Crippen LogP contribution in [0.3, 0.4) is 0 Å². The van der Waals surface area contributed by atoms with E-state index in [1.54, 1.807) is 4.90 Å². The standard InChI is InChI=1S/C14H18F3N3O3S/c1-24(21,22)12-6-8-20(9-7-12)13(18)19-10-2-4-11(5-3-10)23-14(15,16)17/h2-5,12H,6-9H2,1H3,(H2,18,19). The number of hydrogen-bond donors (Lipinski definition) is 1. The van der Waals surface area contributed by atoms with Crippen LogP contribution in [-0.4, -0.2) is 50.2 Å². The van der Waals surface area contributed by atoms with Gasteiger partial charge in [-0.05, 0) is 37.1 Å². The number of halogens is 3. The summed E-state index contributed by atoms with van der Waals surface area (Å²) in [5.41, 5.74) is 6.27. The number of rotatable bonds is 3. The van der Waals surface area contributed by atoms with E-state index < -0.39 is 16.2 Å². The van der Waals surface area contributed by atoms with Crippen LogP contribution >= 0.6 is 0 Å². The summed E-state index contributed by atoms with van der Waals surface area (Å²) in [6.45, 7) is 0.921. The summed E-state index contributed by atoms with van der Waals surface area (Å²) in [7, 11) is -3.07. The topological polar surface area (TPSA) is 85.0 Å². The molecule has 0 amide bonds. The summed E-state index contributed by atoms with van der Waals surface area (Å²) >= 11 is 0. The zero-order chi connectivity index (χ0) is 18.0. The van der Waals surface area contributed by atoms with Crippen LogP contribution in [0, 0.1) is 0 Å². The van der Waals surface area contributed by atoms with Crippen LogP contribution in [0.2, 0.25) is 0 Å². The Kier molecular flexibility index (Phi) is 5.26. The lowest BCUT2D eigenvalue weighted by Crippen LogP contribution is -2.45. The Labute approximate surface area is 138 Å². The van der Waals surface area contributed by atoms with Crippen LogP contribution in [0.1, 0.15) is 12.8 Å². The fourth-order valence-corrected chi connectivity index (χ4v) is 3.51. The molecule has 1 aromatic carbocycles. The number of guanidine groups is 1. The van der Waals surface area contributed by atoms with Crippen molar-refractivity contribution in [3.05, 3.63) is 24.3 Å². The van der Waals surface area contributed by atoms with Crippen molar-refractivity contribution in [2.75, 3.05) is 19.3 Å². The van der Waals surface area contributed by atoms with Crippen molar-refractivity contribution in [3.8, 4) is 5.75 Å². The first kappa shape index (κ1) is 18.4. The summed E-state index contributed by atoms with van der Waals surface area (Å²) in [4.78, 5) is 5.89. The zero-order valence-corrected chi connectivity index (χ0v) is 13.8. The number of benzene rings is 1. The average Bonchev–Trinajstić information content (AvgIpc) is 2.47. The van der Waals surface area contributed by atoms with E-state index in [9.17, 15) is 21.6 Å². The fourth-order valence-electron chi connectivity index (χ4n) is 2.44. The summed E-state index contributed by atoms with van der Waals surface area (Å²) in [6, 6.07) is 5.01. The number of hydrogen-bond acceptors (Lipinski definition) is 4. The number of aliphatic imine (C=N–C) groups is 1. The maximum atomic E-state index is 12.1. The van der Waals surface area contributed by atoms with Crippen molar-refractivity contribution < 1.29 is 26.3 Å². The molecule has 0 saturated carbocycles. The van der Waals surface area contributed by atoms with Gasteiger partial charge in [0, 0.05) is 19.3 Å². The van der Waals surface area contributed by atoms with Gasteiger partial charge in [0.1, 0.15) is 15.6 Å². The maximum absolute atomic E-state index is 12.1. The monoisotopic (exact) mass is 365 g/mol. The van der Waals surface area contributed by atoms with E-state index in [1.807, 2.05) is 0 Å². The maximum Gasteiger partial charge on any atom is 0.573 e. The molecule has 1 saturated heterocycles. The molecule has 0 spiro atoms. The molecule has 0 bridgehead atoms. The Hall–Kier alpha value is -1.97. The van der Waals surface area contributed by atoms with Crippen molar-refractivity contribution in [1.29, 1.82) is 0 Å². The lowest BCUT2D eigenvalue weighted by Gasteiger charge is -2.31. The summed E-state index contributed by atoms with van der Waals surface area (Å²) in [5, 5.41) is -0.375. The van der Waals surface area contributed by atoms with Gasteiger partial charge in [0.05, 0.1) is 10.9 Å². The van der Waals surface area contributed by atoms with Gasteiger partial charge in [-0.3, -0.25) is 0 Å². The molecule has 0 aromatic heterocycles. The van der Waals surface area contributed by atoms with Gasteiger partial charge in [-0.25, -0.2) is 13.4 Å². The molecule has 2 N–H and O–H groups in total. The average molecular weight is 365 g/mol. The highest BCUT2D eigenvalue weighted by Gasteiger charge is 2.31. The number of piperidine rings is 1. The largest absolute Gasteiger partial charge is 0.573 e. The second-order valence-corrected chi connectivity index (χ2v) is 7.85. The molecular formula is C14H18F3N3O3S. The predicted molar refractivity (Wildman–Crippen MR) is 83.8 cm³/mol. The van der Waals surface area contributed by atoms with Crippen molar-refractivity contribution in [2.45, 2.75) is 24.5 Å². The van der Waals surface area contributed by atoms with Gasteiger partial charge in [-0.2, -0.15) is 0 Å². The number of alkyl halides is 3. The predicted octanol–water partition coefficient (Wildman–Crippen LogP) is 2.04. The molecule has 1 aliphatic heterocycles. The molecule has 134 valence electrons. The summed E-state index contributed by atoms with van der Waals surface area (Å²) < 4.78 is 63.1. The molecule has 2 rings (SSSR count). The minimum atomic E-state index is -4.74. The van der Waals surface area contributed by atoms with E-state index in [2.05, 4.69) is 9.73 Å². The van der Waals surface area contributed by atoms with E-state index in [0.29, 0.717) is 31.6 Å². The highest BCUT2D eigenvalue weighted by Crippen LogP contribution is 2.25. The Balaban J connectivity index is 1.99.